The standard InChI is InChI=1S/C18H28N2O3/c1-3-23-17-6-4-5-15(11-17)12-19-18(22)13-20-9-7-16(8-10-20)14(2)21/h4-6,11,14,16,21H,3,7-10,12-13H2,1-2H3,(H,19,22). The van der Waals surface area contributed by atoms with Gasteiger partial charge in [0.2, 0.25) is 5.91 Å². The lowest BCUT2D eigenvalue weighted by molar-refractivity contribution is -0.122. The summed E-state index contributed by atoms with van der Waals surface area (Å²) in [6.45, 7) is 7.14. The van der Waals surface area contributed by atoms with E-state index in [0.29, 0.717) is 25.6 Å². The summed E-state index contributed by atoms with van der Waals surface area (Å²) in [4.78, 5) is 14.2. The fourth-order valence-corrected chi connectivity index (χ4v) is 2.96. The molecule has 128 valence electrons. The highest BCUT2D eigenvalue weighted by Gasteiger charge is 2.23. The zero-order valence-corrected chi connectivity index (χ0v) is 14.1. The number of hydrogen-bond donors (Lipinski definition) is 2. The van der Waals surface area contributed by atoms with Gasteiger partial charge in [-0.2, -0.15) is 0 Å². The summed E-state index contributed by atoms with van der Waals surface area (Å²) in [6.07, 6.45) is 1.67. The number of benzene rings is 1. The van der Waals surface area contributed by atoms with E-state index in [1.165, 1.54) is 0 Å². The van der Waals surface area contributed by atoms with Gasteiger partial charge in [0.15, 0.2) is 0 Å². The smallest absolute Gasteiger partial charge is 0.234 e. The van der Waals surface area contributed by atoms with Crippen molar-refractivity contribution in [2.75, 3.05) is 26.2 Å². The number of aliphatic hydroxyl groups excluding tert-OH is 1. The van der Waals surface area contributed by atoms with Crippen LogP contribution in [0.3, 0.4) is 0 Å². The molecule has 1 heterocycles. The Kier molecular flexibility index (Phi) is 6.86. The van der Waals surface area contributed by atoms with Gasteiger partial charge in [-0.25, -0.2) is 0 Å². The van der Waals surface area contributed by atoms with E-state index < -0.39 is 0 Å². The Morgan fingerprint density at radius 3 is 2.83 bits per heavy atom. The van der Waals surface area contributed by atoms with Crippen LogP contribution in [0.25, 0.3) is 0 Å². The van der Waals surface area contributed by atoms with E-state index >= 15 is 0 Å². The van der Waals surface area contributed by atoms with Gasteiger partial charge in [0.05, 0.1) is 19.3 Å². The SMILES string of the molecule is CCOc1cccc(CNC(=O)CN2CCC(C(C)O)CC2)c1. The number of nitrogens with one attached hydrogen (secondary N) is 1. The third-order valence-electron chi connectivity index (χ3n) is 4.38. The lowest BCUT2D eigenvalue weighted by atomic mass is 9.92. The average molecular weight is 320 g/mol. The Morgan fingerprint density at radius 1 is 1.43 bits per heavy atom. The maximum Gasteiger partial charge on any atom is 0.234 e. The number of hydrogen-bond acceptors (Lipinski definition) is 4. The quantitative estimate of drug-likeness (QED) is 0.804. The molecule has 0 bridgehead atoms. The van der Waals surface area contributed by atoms with Crippen molar-refractivity contribution in [1.29, 1.82) is 0 Å². The zero-order chi connectivity index (χ0) is 16.7. The average Bonchev–Trinajstić information content (AvgIpc) is 2.54. The molecule has 1 unspecified atom stereocenters. The Morgan fingerprint density at radius 2 is 2.17 bits per heavy atom. The minimum atomic E-state index is -0.247. The Labute approximate surface area is 138 Å². The van der Waals surface area contributed by atoms with Crippen LogP contribution in [0.2, 0.25) is 0 Å². The fourth-order valence-electron chi connectivity index (χ4n) is 2.96. The van der Waals surface area contributed by atoms with Gasteiger partial charge in [-0.1, -0.05) is 12.1 Å². The lowest BCUT2D eigenvalue weighted by Gasteiger charge is -2.32. The van der Waals surface area contributed by atoms with Crippen LogP contribution in [0.15, 0.2) is 24.3 Å². The molecule has 0 aliphatic carbocycles. The van der Waals surface area contributed by atoms with Gasteiger partial charge >= 0.3 is 0 Å². The number of ether oxygens (including phenoxy) is 1. The highest BCUT2D eigenvalue weighted by Crippen LogP contribution is 2.20. The van der Waals surface area contributed by atoms with E-state index in [1.807, 2.05) is 38.1 Å². The summed E-state index contributed by atoms with van der Waals surface area (Å²) >= 11 is 0. The zero-order valence-electron chi connectivity index (χ0n) is 14.1. The van der Waals surface area contributed by atoms with Crippen molar-refractivity contribution in [3.8, 4) is 5.75 Å². The number of amides is 1. The van der Waals surface area contributed by atoms with Crippen molar-refractivity contribution in [2.24, 2.45) is 5.92 Å². The number of aliphatic hydroxyl groups is 1. The Balaban J connectivity index is 1.72. The van der Waals surface area contributed by atoms with E-state index in [1.54, 1.807) is 0 Å². The predicted molar refractivity (Wildman–Crippen MR) is 90.3 cm³/mol. The topological polar surface area (TPSA) is 61.8 Å². The summed E-state index contributed by atoms with van der Waals surface area (Å²) in [6, 6.07) is 7.79. The van der Waals surface area contributed by atoms with Crippen LogP contribution in [0, 0.1) is 5.92 Å². The van der Waals surface area contributed by atoms with Gasteiger partial charge in [-0.15, -0.1) is 0 Å². The Hall–Kier alpha value is -1.59. The third kappa shape index (κ3) is 5.84. The van der Waals surface area contributed by atoms with Crippen LogP contribution in [0.1, 0.15) is 32.3 Å². The molecule has 0 radical (unpaired) electrons. The van der Waals surface area contributed by atoms with Gasteiger partial charge in [0.1, 0.15) is 5.75 Å². The van der Waals surface area contributed by atoms with E-state index in [4.69, 9.17) is 4.74 Å². The van der Waals surface area contributed by atoms with Gasteiger partial charge in [-0.3, -0.25) is 9.69 Å². The van der Waals surface area contributed by atoms with Crippen LogP contribution in [0.4, 0.5) is 0 Å². The van der Waals surface area contributed by atoms with Gasteiger partial charge in [0.25, 0.3) is 0 Å². The first kappa shape index (κ1) is 17.8. The summed E-state index contributed by atoms with van der Waals surface area (Å²) in [5, 5.41) is 12.6. The molecule has 1 aromatic carbocycles. The lowest BCUT2D eigenvalue weighted by Crippen LogP contribution is -2.42. The second kappa shape index (κ2) is 8.89. The van der Waals surface area contributed by atoms with E-state index in [2.05, 4.69) is 10.2 Å². The van der Waals surface area contributed by atoms with E-state index in [-0.39, 0.29) is 12.0 Å². The first-order valence-electron chi connectivity index (χ1n) is 8.47. The van der Waals surface area contributed by atoms with Gasteiger partial charge in [-0.05, 0) is 63.4 Å². The van der Waals surface area contributed by atoms with Gasteiger partial charge < -0.3 is 15.2 Å². The summed E-state index contributed by atoms with van der Waals surface area (Å²) in [7, 11) is 0. The molecule has 1 aliphatic rings. The number of rotatable bonds is 7. The van der Waals surface area contributed by atoms with E-state index in [0.717, 1.165) is 37.2 Å². The second-order valence-electron chi connectivity index (χ2n) is 6.21. The van der Waals surface area contributed by atoms with Crippen molar-refractivity contribution in [2.45, 2.75) is 39.3 Å². The van der Waals surface area contributed by atoms with Crippen molar-refractivity contribution < 1.29 is 14.6 Å². The maximum absolute atomic E-state index is 12.1. The van der Waals surface area contributed by atoms with Crippen LogP contribution in [0.5, 0.6) is 5.75 Å². The molecule has 1 saturated heterocycles. The first-order chi connectivity index (χ1) is 11.1. The molecule has 5 heteroatoms. The Bertz CT molecular complexity index is 497. The number of piperidine rings is 1. The maximum atomic E-state index is 12.1. The number of carbonyl (C=O) groups excluding carboxylic acids is 1. The molecule has 2 rings (SSSR count). The van der Waals surface area contributed by atoms with Crippen LogP contribution in [-0.4, -0.2) is 48.3 Å². The minimum Gasteiger partial charge on any atom is -0.494 e. The summed E-state index contributed by atoms with van der Waals surface area (Å²) in [5.74, 6) is 1.25. The third-order valence-corrected chi connectivity index (χ3v) is 4.38. The van der Waals surface area contributed by atoms with Crippen molar-refractivity contribution >= 4 is 5.91 Å². The number of carbonyl (C=O) groups is 1. The number of likely N-dealkylation sites (tertiary alicyclic amines) is 1. The van der Waals surface area contributed by atoms with E-state index in [9.17, 15) is 9.90 Å². The molecular weight excluding hydrogens is 292 g/mol. The highest BCUT2D eigenvalue weighted by atomic mass is 16.5. The molecule has 0 spiro atoms. The van der Waals surface area contributed by atoms with Crippen LogP contribution >= 0.6 is 0 Å². The van der Waals surface area contributed by atoms with Gasteiger partial charge in [0, 0.05) is 6.54 Å². The van der Waals surface area contributed by atoms with Crippen molar-refractivity contribution in [1.82, 2.24) is 10.2 Å². The molecule has 23 heavy (non-hydrogen) atoms. The van der Waals surface area contributed by atoms with Crippen LogP contribution in [-0.2, 0) is 11.3 Å². The molecule has 0 aromatic heterocycles. The minimum absolute atomic E-state index is 0.0438. The highest BCUT2D eigenvalue weighted by molar-refractivity contribution is 5.78. The predicted octanol–water partition coefficient (Wildman–Crippen LogP) is 1.79. The molecule has 0 saturated carbocycles. The fraction of sp³-hybridized carbons (Fsp3) is 0.611. The monoisotopic (exact) mass is 320 g/mol. The second-order valence-corrected chi connectivity index (χ2v) is 6.21. The molecule has 1 fully saturated rings. The molecule has 5 nitrogen and oxygen atoms in total. The molecule has 1 amide bonds. The molecule has 1 aliphatic heterocycles. The molecule has 2 N–H and O–H groups in total. The van der Waals surface area contributed by atoms with Crippen LogP contribution < -0.4 is 10.1 Å². The summed E-state index contributed by atoms with van der Waals surface area (Å²) < 4.78 is 5.46. The molecular formula is C18H28N2O3. The number of nitrogens with zero attached hydrogens (tertiary/aromatic N) is 1. The molecule has 1 aromatic rings. The van der Waals surface area contributed by atoms with Crippen molar-refractivity contribution in [3.05, 3.63) is 29.8 Å². The summed E-state index contributed by atoms with van der Waals surface area (Å²) in [5.41, 5.74) is 1.04. The molecule has 1 atom stereocenters. The normalized spacial score (nSPS) is 17.7. The largest absolute Gasteiger partial charge is 0.494 e. The first-order valence-corrected chi connectivity index (χ1v) is 8.47. The van der Waals surface area contributed by atoms with Crippen molar-refractivity contribution in [3.63, 3.8) is 0 Å².